The second-order valence-electron chi connectivity index (χ2n) is 11.2. The molecule has 4 fully saturated rings. The molecule has 2 bridgehead atoms. The average Bonchev–Trinajstić information content (AvgIpc) is 3.58. The van der Waals surface area contributed by atoms with E-state index in [0.29, 0.717) is 45.7 Å². The highest BCUT2D eigenvalue weighted by Crippen LogP contribution is 2.60. The SMILES string of the molecule is C=CCN(CCN1CCOCC1)C(=O)C1N([C@@H](CO)Cc2ccccc2)C(=O)[C@@H]2[C@H](C(=O)OCC)[C@H]3OC12CC3Br. The third-order valence-electron chi connectivity index (χ3n) is 8.89. The number of carbonyl (C=O) groups excluding carboxylic acids is 3. The maximum atomic E-state index is 14.6. The van der Waals surface area contributed by atoms with E-state index in [9.17, 15) is 19.5 Å². The van der Waals surface area contributed by atoms with Crippen LogP contribution >= 0.6 is 15.9 Å². The quantitative estimate of drug-likeness (QED) is 0.208. The van der Waals surface area contributed by atoms with Crippen molar-refractivity contribution in [2.75, 3.05) is 59.2 Å². The molecule has 3 unspecified atom stereocenters. The largest absolute Gasteiger partial charge is 0.466 e. The number of esters is 1. The number of aliphatic hydroxyl groups excluding tert-OH is 1. The maximum absolute atomic E-state index is 14.6. The average molecular weight is 635 g/mol. The number of alkyl halides is 1. The Morgan fingerprint density at radius 3 is 2.68 bits per heavy atom. The van der Waals surface area contributed by atoms with Crippen molar-refractivity contribution in [1.29, 1.82) is 0 Å². The molecule has 4 saturated heterocycles. The number of likely N-dealkylation sites (tertiary alicyclic amines) is 1. The predicted molar refractivity (Wildman–Crippen MR) is 154 cm³/mol. The van der Waals surface area contributed by atoms with E-state index in [1.54, 1.807) is 17.9 Å². The van der Waals surface area contributed by atoms with Crippen LogP contribution in [-0.4, -0.2) is 125 Å². The molecular formula is C30H40BrN3O7. The number of hydrogen-bond donors (Lipinski definition) is 1. The topological polar surface area (TPSA) is 109 Å². The molecule has 2 amide bonds. The van der Waals surface area contributed by atoms with E-state index in [2.05, 4.69) is 27.4 Å². The number of amides is 2. The Balaban J connectivity index is 1.51. The van der Waals surface area contributed by atoms with Crippen molar-refractivity contribution in [3.8, 4) is 0 Å². The molecule has 1 aromatic carbocycles. The lowest BCUT2D eigenvalue weighted by Gasteiger charge is -2.40. The van der Waals surface area contributed by atoms with Crippen LogP contribution in [0.4, 0.5) is 0 Å². The highest BCUT2D eigenvalue weighted by Gasteiger charge is 2.77. The van der Waals surface area contributed by atoms with Gasteiger partial charge in [0.15, 0.2) is 0 Å². The number of ether oxygens (including phenoxy) is 3. The van der Waals surface area contributed by atoms with Gasteiger partial charge in [0.2, 0.25) is 11.8 Å². The summed E-state index contributed by atoms with van der Waals surface area (Å²) < 4.78 is 17.5. The van der Waals surface area contributed by atoms with Gasteiger partial charge in [0.1, 0.15) is 11.6 Å². The molecule has 4 aliphatic rings. The van der Waals surface area contributed by atoms with E-state index >= 15 is 0 Å². The van der Waals surface area contributed by atoms with E-state index < -0.39 is 41.6 Å². The molecule has 41 heavy (non-hydrogen) atoms. The van der Waals surface area contributed by atoms with Crippen molar-refractivity contribution in [2.45, 2.75) is 48.4 Å². The maximum Gasteiger partial charge on any atom is 0.312 e. The molecule has 0 radical (unpaired) electrons. The second kappa shape index (κ2) is 12.9. The van der Waals surface area contributed by atoms with Gasteiger partial charge in [0.05, 0.1) is 50.4 Å². The van der Waals surface area contributed by atoms with Gasteiger partial charge in [0.25, 0.3) is 0 Å². The summed E-state index contributed by atoms with van der Waals surface area (Å²) >= 11 is 3.69. The number of aliphatic hydroxyl groups is 1. The molecule has 0 aliphatic carbocycles. The number of carbonyl (C=O) groups is 3. The van der Waals surface area contributed by atoms with Crippen molar-refractivity contribution in [2.24, 2.45) is 11.8 Å². The second-order valence-corrected chi connectivity index (χ2v) is 12.4. The number of halogens is 1. The van der Waals surface area contributed by atoms with Gasteiger partial charge in [-0.15, -0.1) is 6.58 Å². The van der Waals surface area contributed by atoms with Crippen molar-refractivity contribution < 1.29 is 33.7 Å². The molecule has 5 rings (SSSR count). The minimum absolute atomic E-state index is 0.177. The molecule has 1 N–H and O–H groups in total. The number of nitrogens with zero attached hydrogens (tertiary/aromatic N) is 3. The van der Waals surface area contributed by atoms with E-state index in [4.69, 9.17) is 14.2 Å². The zero-order chi connectivity index (χ0) is 29.1. The number of rotatable bonds is 12. The summed E-state index contributed by atoms with van der Waals surface area (Å²) in [5.41, 5.74) is -0.284. The first-order valence-electron chi connectivity index (χ1n) is 14.5. The summed E-state index contributed by atoms with van der Waals surface area (Å²) in [6.07, 6.45) is 1.85. The predicted octanol–water partition coefficient (Wildman–Crippen LogP) is 1.25. The molecule has 7 atom stereocenters. The molecule has 4 heterocycles. The zero-order valence-electron chi connectivity index (χ0n) is 23.5. The number of morpholine rings is 1. The summed E-state index contributed by atoms with van der Waals surface area (Å²) in [6.45, 7) is 9.72. The number of hydrogen-bond acceptors (Lipinski definition) is 8. The molecule has 1 spiro atoms. The Morgan fingerprint density at radius 1 is 1.29 bits per heavy atom. The molecule has 10 nitrogen and oxygen atoms in total. The Morgan fingerprint density at radius 2 is 2.02 bits per heavy atom. The first kappa shape index (κ1) is 30.2. The monoisotopic (exact) mass is 633 g/mol. The fourth-order valence-electron chi connectivity index (χ4n) is 7.09. The van der Waals surface area contributed by atoms with Crippen LogP contribution in [0.15, 0.2) is 43.0 Å². The lowest BCUT2D eigenvalue weighted by Crippen LogP contribution is -2.60. The van der Waals surface area contributed by atoms with Crippen molar-refractivity contribution >= 4 is 33.7 Å². The van der Waals surface area contributed by atoms with E-state index in [0.717, 1.165) is 18.7 Å². The highest BCUT2D eigenvalue weighted by atomic mass is 79.9. The van der Waals surface area contributed by atoms with Crippen molar-refractivity contribution in [3.05, 3.63) is 48.6 Å². The highest BCUT2D eigenvalue weighted by molar-refractivity contribution is 9.09. The molecule has 224 valence electrons. The summed E-state index contributed by atoms with van der Waals surface area (Å²) in [5.74, 6) is -2.80. The summed E-state index contributed by atoms with van der Waals surface area (Å²) in [7, 11) is 0. The van der Waals surface area contributed by atoms with Gasteiger partial charge in [-0.3, -0.25) is 19.3 Å². The lowest BCUT2D eigenvalue weighted by molar-refractivity contribution is -0.156. The van der Waals surface area contributed by atoms with Gasteiger partial charge in [-0.25, -0.2) is 0 Å². The number of fused-ring (bicyclic) bond motifs is 1. The molecule has 4 aliphatic heterocycles. The third-order valence-corrected chi connectivity index (χ3v) is 9.73. The first-order chi connectivity index (χ1) is 19.9. The Labute approximate surface area is 249 Å². The minimum atomic E-state index is -1.22. The smallest absolute Gasteiger partial charge is 0.312 e. The van der Waals surface area contributed by atoms with Crippen LogP contribution in [0.3, 0.4) is 0 Å². The van der Waals surface area contributed by atoms with Crippen LogP contribution in [0.2, 0.25) is 0 Å². The molecular weight excluding hydrogens is 594 g/mol. The van der Waals surface area contributed by atoms with Crippen LogP contribution in [0.1, 0.15) is 18.9 Å². The normalized spacial score (nSPS) is 31.6. The van der Waals surface area contributed by atoms with Crippen LogP contribution in [0, 0.1) is 11.8 Å². The van der Waals surface area contributed by atoms with Crippen molar-refractivity contribution in [1.82, 2.24) is 14.7 Å². The van der Waals surface area contributed by atoms with Crippen LogP contribution < -0.4 is 0 Å². The molecule has 1 aromatic rings. The van der Waals surface area contributed by atoms with E-state index in [-0.39, 0.29) is 29.9 Å². The molecule has 0 saturated carbocycles. The third kappa shape index (κ3) is 5.59. The zero-order valence-corrected chi connectivity index (χ0v) is 25.1. The Kier molecular flexibility index (Phi) is 9.50. The van der Waals surface area contributed by atoms with Gasteiger partial charge in [-0.05, 0) is 25.3 Å². The number of benzene rings is 1. The Hall–Kier alpha value is -2.31. The fourth-order valence-corrected chi connectivity index (χ4v) is 8.03. The lowest BCUT2D eigenvalue weighted by atomic mass is 9.70. The van der Waals surface area contributed by atoms with Crippen LogP contribution in [-0.2, 0) is 35.0 Å². The summed E-state index contributed by atoms with van der Waals surface area (Å²) in [5, 5.41) is 10.6. The summed E-state index contributed by atoms with van der Waals surface area (Å²) in [6, 6.07) is 7.90. The van der Waals surface area contributed by atoms with Gasteiger partial charge >= 0.3 is 5.97 Å². The molecule has 0 aromatic heterocycles. The standard InChI is InChI=1S/C30H40BrN3O7/c1-3-10-33(12-11-32-13-15-39-16-14-32)28(37)26-30-18-22(31)25(41-30)23(29(38)40-4-2)24(30)27(36)34(26)21(19-35)17-20-8-6-5-7-9-20/h3,5-9,21-26,35H,1,4,10-19H2,2H3/t21-,22?,23+,24+,25+,26?,30?/m1/s1. The van der Waals surface area contributed by atoms with Gasteiger partial charge in [0, 0.05) is 37.6 Å². The first-order valence-corrected chi connectivity index (χ1v) is 15.4. The Bertz CT molecular complexity index is 1120. The van der Waals surface area contributed by atoms with E-state index in [1.165, 1.54) is 4.90 Å². The van der Waals surface area contributed by atoms with Crippen LogP contribution in [0.25, 0.3) is 0 Å². The van der Waals surface area contributed by atoms with Gasteiger partial charge in [-0.2, -0.15) is 0 Å². The van der Waals surface area contributed by atoms with Gasteiger partial charge < -0.3 is 29.1 Å². The van der Waals surface area contributed by atoms with Crippen molar-refractivity contribution in [3.63, 3.8) is 0 Å². The van der Waals surface area contributed by atoms with E-state index in [1.807, 2.05) is 30.3 Å². The van der Waals surface area contributed by atoms with Gasteiger partial charge in [-0.1, -0.05) is 52.3 Å². The molecule has 11 heteroatoms. The fraction of sp³-hybridized carbons (Fsp3) is 0.633. The summed E-state index contributed by atoms with van der Waals surface area (Å²) in [4.78, 5) is 47.5. The van der Waals surface area contributed by atoms with Crippen LogP contribution in [0.5, 0.6) is 0 Å². The minimum Gasteiger partial charge on any atom is -0.466 e.